The predicted octanol–water partition coefficient (Wildman–Crippen LogP) is 4.11. The van der Waals surface area contributed by atoms with E-state index in [9.17, 15) is 4.79 Å². The number of carbonyl (C=O) groups is 1. The summed E-state index contributed by atoms with van der Waals surface area (Å²) in [5.74, 6) is -0.180. The van der Waals surface area contributed by atoms with Crippen LogP contribution in [0, 0.1) is 0 Å². The average Bonchev–Trinajstić information content (AvgIpc) is 2.56. The Labute approximate surface area is 132 Å². The van der Waals surface area contributed by atoms with E-state index < -0.39 is 0 Å². The van der Waals surface area contributed by atoms with E-state index in [0.29, 0.717) is 5.69 Å². The highest BCUT2D eigenvalue weighted by molar-refractivity contribution is 6.03. The molecule has 0 saturated heterocycles. The summed E-state index contributed by atoms with van der Waals surface area (Å²) in [5, 5.41) is 6.21. The van der Waals surface area contributed by atoms with Crippen molar-refractivity contribution in [3.63, 3.8) is 0 Å². The van der Waals surface area contributed by atoms with E-state index in [1.165, 1.54) is 0 Å². The molecule has 0 radical (unpaired) electrons. The first-order valence-electron chi connectivity index (χ1n) is 7.83. The maximum Gasteiger partial charge on any atom is 0.274 e. The summed E-state index contributed by atoms with van der Waals surface area (Å²) in [6.45, 7) is 5.15. The second-order valence-electron chi connectivity index (χ2n) is 5.18. The molecule has 4 heteroatoms. The lowest BCUT2D eigenvalue weighted by atomic mass is 10.1. The fourth-order valence-corrected chi connectivity index (χ4v) is 2.18. The molecule has 2 rings (SSSR count). The molecule has 0 fully saturated rings. The fourth-order valence-electron chi connectivity index (χ4n) is 2.18. The van der Waals surface area contributed by atoms with E-state index in [2.05, 4.69) is 29.5 Å². The molecule has 0 atom stereocenters. The molecule has 0 saturated carbocycles. The minimum absolute atomic E-state index is 0.180. The van der Waals surface area contributed by atoms with Crippen LogP contribution in [0.4, 0.5) is 11.4 Å². The molecular weight excluding hydrogens is 274 g/mol. The van der Waals surface area contributed by atoms with Crippen molar-refractivity contribution in [2.24, 2.45) is 0 Å². The first-order chi connectivity index (χ1) is 10.7. The Hall–Kier alpha value is -2.36. The van der Waals surface area contributed by atoms with Crippen LogP contribution >= 0.6 is 0 Å². The van der Waals surface area contributed by atoms with Crippen LogP contribution in [0.25, 0.3) is 0 Å². The van der Waals surface area contributed by atoms with E-state index in [1.807, 2.05) is 30.3 Å². The largest absolute Gasteiger partial charge is 0.384 e. The maximum atomic E-state index is 12.3. The minimum Gasteiger partial charge on any atom is -0.384 e. The van der Waals surface area contributed by atoms with Crippen LogP contribution in [-0.2, 0) is 6.42 Å². The van der Waals surface area contributed by atoms with E-state index in [0.717, 1.165) is 42.7 Å². The SMILES string of the molecule is CCCCNc1ccc(C(=O)Nc2ccccc2CC)nc1. The summed E-state index contributed by atoms with van der Waals surface area (Å²) in [5.41, 5.74) is 3.33. The number of aromatic nitrogens is 1. The second kappa shape index (κ2) is 8.17. The molecule has 22 heavy (non-hydrogen) atoms. The van der Waals surface area contributed by atoms with Crippen LogP contribution in [0.1, 0.15) is 42.7 Å². The quantitative estimate of drug-likeness (QED) is 0.756. The summed E-state index contributed by atoms with van der Waals surface area (Å²) in [6, 6.07) is 11.5. The number of benzene rings is 1. The van der Waals surface area contributed by atoms with Crippen LogP contribution in [0.5, 0.6) is 0 Å². The molecule has 0 aliphatic heterocycles. The monoisotopic (exact) mass is 297 g/mol. The van der Waals surface area contributed by atoms with Crippen molar-refractivity contribution in [1.82, 2.24) is 4.98 Å². The van der Waals surface area contributed by atoms with Gasteiger partial charge in [0.25, 0.3) is 5.91 Å². The third-order valence-corrected chi connectivity index (χ3v) is 3.50. The Morgan fingerprint density at radius 3 is 2.64 bits per heavy atom. The summed E-state index contributed by atoms with van der Waals surface area (Å²) in [7, 11) is 0. The van der Waals surface area contributed by atoms with Crippen molar-refractivity contribution >= 4 is 17.3 Å². The number of anilines is 2. The first-order valence-corrected chi connectivity index (χ1v) is 7.83. The van der Waals surface area contributed by atoms with Crippen molar-refractivity contribution in [2.75, 3.05) is 17.2 Å². The van der Waals surface area contributed by atoms with E-state index in [4.69, 9.17) is 0 Å². The molecule has 0 bridgehead atoms. The smallest absolute Gasteiger partial charge is 0.274 e. The zero-order chi connectivity index (χ0) is 15.8. The van der Waals surface area contributed by atoms with Crippen molar-refractivity contribution in [3.8, 4) is 0 Å². The number of carbonyl (C=O) groups excluding carboxylic acids is 1. The summed E-state index contributed by atoms with van der Waals surface area (Å²) in [4.78, 5) is 16.5. The fraction of sp³-hybridized carbons (Fsp3) is 0.333. The van der Waals surface area contributed by atoms with Crippen LogP contribution < -0.4 is 10.6 Å². The summed E-state index contributed by atoms with van der Waals surface area (Å²) >= 11 is 0. The Kier molecular flexibility index (Phi) is 5.95. The van der Waals surface area contributed by atoms with E-state index in [-0.39, 0.29) is 5.91 Å². The minimum atomic E-state index is -0.180. The van der Waals surface area contributed by atoms with E-state index in [1.54, 1.807) is 12.3 Å². The number of nitrogens with one attached hydrogen (secondary N) is 2. The van der Waals surface area contributed by atoms with Gasteiger partial charge in [0.05, 0.1) is 11.9 Å². The molecule has 2 N–H and O–H groups in total. The van der Waals surface area contributed by atoms with Gasteiger partial charge in [0.1, 0.15) is 5.69 Å². The Bertz CT molecular complexity index is 608. The Morgan fingerprint density at radius 2 is 1.95 bits per heavy atom. The van der Waals surface area contributed by atoms with Gasteiger partial charge in [0.2, 0.25) is 0 Å². The zero-order valence-corrected chi connectivity index (χ0v) is 13.2. The van der Waals surface area contributed by atoms with Gasteiger partial charge in [-0.2, -0.15) is 0 Å². The lowest BCUT2D eigenvalue weighted by Gasteiger charge is -2.10. The molecule has 0 spiro atoms. The zero-order valence-electron chi connectivity index (χ0n) is 13.2. The van der Waals surface area contributed by atoms with Crippen molar-refractivity contribution in [1.29, 1.82) is 0 Å². The number of hydrogen-bond acceptors (Lipinski definition) is 3. The van der Waals surface area contributed by atoms with Crippen molar-refractivity contribution in [3.05, 3.63) is 53.9 Å². The van der Waals surface area contributed by atoms with Gasteiger partial charge in [-0.05, 0) is 36.6 Å². The van der Waals surface area contributed by atoms with Gasteiger partial charge in [0, 0.05) is 12.2 Å². The standard InChI is InChI=1S/C18H23N3O/c1-3-5-12-19-15-10-11-17(20-13-15)18(22)21-16-9-7-6-8-14(16)4-2/h6-11,13,19H,3-5,12H2,1-2H3,(H,21,22). The molecule has 0 unspecified atom stereocenters. The highest BCUT2D eigenvalue weighted by Gasteiger charge is 2.09. The Balaban J connectivity index is 2.00. The highest BCUT2D eigenvalue weighted by Crippen LogP contribution is 2.16. The lowest BCUT2D eigenvalue weighted by Crippen LogP contribution is -2.15. The number of nitrogens with zero attached hydrogens (tertiary/aromatic N) is 1. The van der Waals surface area contributed by atoms with Gasteiger partial charge in [-0.15, -0.1) is 0 Å². The van der Waals surface area contributed by atoms with E-state index >= 15 is 0 Å². The first kappa shape index (κ1) is 16.0. The molecule has 1 amide bonds. The third kappa shape index (κ3) is 4.32. The molecule has 1 aromatic heterocycles. The second-order valence-corrected chi connectivity index (χ2v) is 5.18. The van der Waals surface area contributed by atoms with Gasteiger partial charge in [-0.1, -0.05) is 38.5 Å². The molecule has 1 heterocycles. The highest BCUT2D eigenvalue weighted by atomic mass is 16.1. The lowest BCUT2D eigenvalue weighted by molar-refractivity contribution is 0.102. The molecular formula is C18H23N3O. The van der Waals surface area contributed by atoms with Gasteiger partial charge in [0.15, 0.2) is 0 Å². The van der Waals surface area contributed by atoms with Crippen LogP contribution in [0.3, 0.4) is 0 Å². The summed E-state index contributed by atoms with van der Waals surface area (Å²) in [6.07, 6.45) is 4.86. The van der Waals surface area contributed by atoms with Gasteiger partial charge in [-0.25, -0.2) is 4.98 Å². The van der Waals surface area contributed by atoms with Gasteiger partial charge < -0.3 is 10.6 Å². The number of para-hydroxylation sites is 1. The number of unbranched alkanes of at least 4 members (excludes halogenated alkanes) is 1. The van der Waals surface area contributed by atoms with Crippen LogP contribution in [0.15, 0.2) is 42.6 Å². The van der Waals surface area contributed by atoms with Crippen LogP contribution in [0.2, 0.25) is 0 Å². The van der Waals surface area contributed by atoms with Crippen molar-refractivity contribution < 1.29 is 4.79 Å². The molecule has 2 aromatic rings. The van der Waals surface area contributed by atoms with Crippen molar-refractivity contribution in [2.45, 2.75) is 33.1 Å². The molecule has 0 aliphatic rings. The van der Waals surface area contributed by atoms with Crippen LogP contribution in [-0.4, -0.2) is 17.4 Å². The Morgan fingerprint density at radius 1 is 1.14 bits per heavy atom. The number of rotatable bonds is 7. The predicted molar refractivity (Wildman–Crippen MR) is 91.4 cm³/mol. The number of hydrogen-bond donors (Lipinski definition) is 2. The molecule has 4 nitrogen and oxygen atoms in total. The third-order valence-electron chi connectivity index (χ3n) is 3.50. The van der Waals surface area contributed by atoms with Gasteiger partial charge in [-0.3, -0.25) is 4.79 Å². The number of amides is 1. The molecule has 0 aliphatic carbocycles. The van der Waals surface area contributed by atoms with Gasteiger partial charge >= 0.3 is 0 Å². The molecule has 1 aromatic carbocycles. The number of pyridine rings is 1. The normalized spacial score (nSPS) is 10.3. The molecule has 116 valence electrons. The average molecular weight is 297 g/mol. The topological polar surface area (TPSA) is 54.0 Å². The summed E-state index contributed by atoms with van der Waals surface area (Å²) < 4.78 is 0. The maximum absolute atomic E-state index is 12.3. The number of aryl methyl sites for hydroxylation is 1.